The van der Waals surface area contributed by atoms with Crippen molar-refractivity contribution in [2.45, 2.75) is 18.6 Å². The van der Waals surface area contributed by atoms with Crippen LogP contribution in [0.15, 0.2) is 42.5 Å². The third kappa shape index (κ3) is 4.29. The van der Waals surface area contributed by atoms with Crippen LogP contribution in [0.5, 0.6) is 0 Å². The topological polar surface area (TPSA) is 130 Å². The number of aliphatic hydroxyl groups excluding tert-OH is 1. The summed E-state index contributed by atoms with van der Waals surface area (Å²) in [6.45, 7) is -0.535. The zero-order chi connectivity index (χ0) is 17.7. The molecule has 0 aliphatic heterocycles. The van der Waals surface area contributed by atoms with Crippen LogP contribution in [0.1, 0.15) is 5.56 Å². The molecule has 2 rings (SSSR count). The molecule has 2 aromatic carbocycles. The Bertz CT molecular complexity index is 735. The monoisotopic (exact) mass is 331 g/mol. The number of amides is 2. The lowest BCUT2D eigenvalue weighted by Crippen LogP contribution is -2.50. The van der Waals surface area contributed by atoms with Gasteiger partial charge in [-0.2, -0.15) is 0 Å². The molecule has 7 nitrogen and oxygen atoms in total. The molecular weight excluding hydrogens is 310 g/mol. The van der Waals surface area contributed by atoms with Crippen LogP contribution >= 0.6 is 0 Å². The molecule has 2 atom stereocenters. The molecule has 7 heteroatoms. The fourth-order valence-electron chi connectivity index (χ4n) is 2.45. The van der Waals surface area contributed by atoms with Gasteiger partial charge in [-0.25, -0.2) is 9.69 Å². The number of nitrogens with two attached hydrogens (primary N) is 2. The van der Waals surface area contributed by atoms with Crippen LogP contribution in [0.3, 0.4) is 0 Å². The summed E-state index contributed by atoms with van der Waals surface area (Å²) < 4.78 is 0. The maximum absolute atomic E-state index is 12.3. The highest BCUT2D eigenvalue weighted by Gasteiger charge is 2.28. The molecule has 0 saturated carbocycles. The first kappa shape index (κ1) is 17.9. The summed E-state index contributed by atoms with van der Waals surface area (Å²) >= 11 is 0. The first-order valence-electron chi connectivity index (χ1n) is 7.58. The van der Waals surface area contributed by atoms with E-state index in [4.69, 9.17) is 16.6 Å². The van der Waals surface area contributed by atoms with Gasteiger partial charge < -0.3 is 21.7 Å². The zero-order valence-corrected chi connectivity index (χ0v) is 13.1. The summed E-state index contributed by atoms with van der Waals surface area (Å²) in [5, 5.41) is 20.7. The van der Waals surface area contributed by atoms with E-state index in [-0.39, 0.29) is 13.0 Å². The Hall–Kier alpha value is -2.48. The summed E-state index contributed by atoms with van der Waals surface area (Å²) in [7, 11) is 0. The Balaban J connectivity index is 2.11. The van der Waals surface area contributed by atoms with E-state index < -0.39 is 30.7 Å². The maximum Gasteiger partial charge on any atom is 0.414 e. The number of imide groups is 1. The van der Waals surface area contributed by atoms with Gasteiger partial charge in [-0.1, -0.05) is 42.5 Å². The van der Waals surface area contributed by atoms with Crippen molar-refractivity contribution in [3.05, 3.63) is 48.0 Å². The van der Waals surface area contributed by atoms with E-state index in [2.05, 4.69) is 0 Å². The molecule has 0 aliphatic carbocycles. The zero-order valence-electron chi connectivity index (χ0n) is 13.1. The molecule has 128 valence electrons. The van der Waals surface area contributed by atoms with Crippen LogP contribution in [0, 0.1) is 0 Å². The van der Waals surface area contributed by atoms with E-state index >= 15 is 0 Å². The molecule has 0 saturated heterocycles. The van der Waals surface area contributed by atoms with E-state index in [9.17, 15) is 14.7 Å². The number of aliphatic hydroxyl groups is 1. The summed E-state index contributed by atoms with van der Waals surface area (Å²) in [5.74, 6) is -0.761. The van der Waals surface area contributed by atoms with E-state index in [1.54, 1.807) is 0 Å². The van der Waals surface area contributed by atoms with Crippen LogP contribution < -0.4 is 11.5 Å². The number of carboxylic acid groups (broad SMARTS) is 1. The van der Waals surface area contributed by atoms with Gasteiger partial charge >= 0.3 is 6.09 Å². The number of carbonyl (C=O) groups is 2. The highest BCUT2D eigenvalue weighted by molar-refractivity contribution is 5.94. The fraction of sp³-hybridized carbons (Fsp3) is 0.294. The third-order valence-electron chi connectivity index (χ3n) is 3.75. The Morgan fingerprint density at radius 3 is 2.42 bits per heavy atom. The van der Waals surface area contributed by atoms with Gasteiger partial charge in [0.15, 0.2) is 0 Å². The van der Waals surface area contributed by atoms with Gasteiger partial charge in [0.1, 0.15) is 0 Å². The van der Waals surface area contributed by atoms with Crippen molar-refractivity contribution in [2.24, 2.45) is 11.5 Å². The highest BCUT2D eigenvalue weighted by atomic mass is 16.4. The Kier molecular flexibility index (Phi) is 5.86. The predicted molar refractivity (Wildman–Crippen MR) is 90.4 cm³/mol. The number of benzene rings is 2. The second kappa shape index (κ2) is 7.87. The average Bonchev–Trinajstić information content (AvgIpc) is 2.58. The number of rotatable bonds is 6. The molecule has 2 aromatic rings. The van der Waals surface area contributed by atoms with Crippen molar-refractivity contribution in [1.82, 2.24) is 4.90 Å². The van der Waals surface area contributed by atoms with Crippen LogP contribution in [0.4, 0.5) is 4.79 Å². The second-order valence-corrected chi connectivity index (χ2v) is 5.61. The molecule has 0 aromatic heterocycles. The van der Waals surface area contributed by atoms with Crippen LogP contribution in [0.2, 0.25) is 0 Å². The third-order valence-corrected chi connectivity index (χ3v) is 3.75. The molecule has 0 spiro atoms. The van der Waals surface area contributed by atoms with Gasteiger partial charge in [0, 0.05) is 6.54 Å². The van der Waals surface area contributed by atoms with E-state index in [1.807, 2.05) is 42.5 Å². The first-order valence-corrected chi connectivity index (χ1v) is 7.58. The normalized spacial score (nSPS) is 13.5. The van der Waals surface area contributed by atoms with Gasteiger partial charge in [-0.15, -0.1) is 0 Å². The molecule has 0 fully saturated rings. The van der Waals surface area contributed by atoms with E-state index in [0.29, 0.717) is 4.90 Å². The van der Waals surface area contributed by atoms with Crippen LogP contribution in [0.25, 0.3) is 10.8 Å². The van der Waals surface area contributed by atoms with Crippen molar-refractivity contribution in [1.29, 1.82) is 0 Å². The Labute approximate surface area is 139 Å². The van der Waals surface area contributed by atoms with Gasteiger partial charge in [-0.3, -0.25) is 4.79 Å². The Morgan fingerprint density at radius 1 is 1.12 bits per heavy atom. The first-order chi connectivity index (χ1) is 11.4. The minimum atomic E-state index is -1.46. The molecular formula is C17H21N3O4. The van der Waals surface area contributed by atoms with Crippen LogP contribution in [-0.4, -0.2) is 52.3 Å². The van der Waals surface area contributed by atoms with Gasteiger partial charge in [0.2, 0.25) is 5.91 Å². The van der Waals surface area contributed by atoms with Crippen molar-refractivity contribution in [2.75, 3.05) is 13.1 Å². The van der Waals surface area contributed by atoms with Crippen LogP contribution in [-0.2, 0) is 11.2 Å². The molecule has 0 radical (unpaired) electrons. The van der Waals surface area contributed by atoms with E-state index in [0.717, 1.165) is 16.3 Å². The molecule has 0 bridgehead atoms. The average molecular weight is 331 g/mol. The number of carbonyl (C=O) groups excluding carboxylic acids is 1. The molecule has 2 amide bonds. The number of fused-ring (bicyclic) bond motifs is 1. The lowest BCUT2D eigenvalue weighted by molar-refractivity contribution is -0.131. The van der Waals surface area contributed by atoms with Crippen molar-refractivity contribution < 1.29 is 19.8 Å². The smallest absolute Gasteiger partial charge is 0.414 e. The number of hydrogen-bond acceptors (Lipinski definition) is 5. The molecule has 6 N–H and O–H groups in total. The minimum absolute atomic E-state index is 0.142. The van der Waals surface area contributed by atoms with Gasteiger partial charge in [0.25, 0.3) is 0 Å². The van der Waals surface area contributed by atoms with Crippen molar-refractivity contribution >= 4 is 22.8 Å². The number of hydrogen-bond donors (Lipinski definition) is 4. The molecule has 24 heavy (non-hydrogen) atoms. The molecule has 1 unspecified atom stereocenters. The van der Waals surface area contributed by atoms with Gasteiger partial charge in [-0.05, 0) is 22.8 Å². The summed E-state index contributed by atoms with van der Waals surface area (Å²) in [4.78, 5) is 24.0. The predicted octanol–water partition coefficient (Wildman–Crippen LogP) is 0.536. The maximum atomic E-state index is 12.3. The summed E-state index contributed by atoms with van der Waals surface area (Å²) in [5.41, 5.74) is 12.0. The lowest BCUT2D eigenvalue weighted by atomic mass is 10.0. The second-order valence-electron chi connectivity index (χ2n) is 5.61. The van der Waals surface area contributed by atoms with Crippen molar-refractivity contribution in [3.8, 4) is 0 Å². The fourth-order valence-corrected chi connectivity index (χ4v) is 2.45. The summed E-state index contributed by atoms with van der Waals surface area (Å²) in [6.07, 6.45) is -2.37. The highest BCUT2D eigenvalue weighted by Crippen LogP contribution is 2.17. The quantitative estimate of drug-likeness (QED) is 0.611. The lowest BCUT2D eigenvalue weighted by Gasteiger charge is -2.23. The SMILES string of the molecule is NCC(O)CN(C(=O)O)C(=O)[C@H](N)Cc1ccc2ccccc2c1. The number of nitrogens with zero attached hydrogens (tertiary/aromatic N) is 1. The minimum Gasteiger partial charge on any atom is -0.465 e. The largest absolute Gasteiger partial charge is 0.465 e. The molecule has 0 heterocycles. The van der Waals surface area contributed by atoms with Gasteiger partial charge in [0.05, 0.1) is 18.7 Å². The van der Waals surface area contributed by atoms with Crippen molar-refractivity contribution in [3.63, 3.8) is 0 Å². The summed E-state index contributed by atoms with van der Waals surface area (Å²) in [6, 6.07) is 12.5. The standard InChI is InChI=1S/C17H21N3O4/c18-9-14(21)10-20(17(23)24)16(22)15(19)8-11-5-6-12-3-1-2-4-13(12)7-11/h1-7,14-15,21H,8-10,18-19H2,(H,23,24)/t14?,15-/m1/s1. The molecule has 0 aliphatic rings. The Morgan fingerprint density at radius 2 is 1.79 bits per heavy atom. The van der Waals surface area contributed by atoms with E-state index in [1.165, 1.54) is 0 Å².